The highest BCUT2D eigenvalue weighted by Gasteiger charge is 2.22. The average molecular weight is 385 g/mol. The summed E-state index contributed by atoms with van der Waals surface area (Å²) in [5.74, 6) is 0.822. The van der Waals surface area contributed by atoms with E-state index in [-0.39, 0.29) is 0 Å². The molecule has 1 aromatic carbocycles. The van der Waals surface area contributed by atoms with Crippen molar-refractivity contribution in [1.29, 1.82) is 0 Å². The molecule has 0 aliphatic carbocycles. The van der Waals surface area contributed by atoms with Gasteiger partial charge in [0.1, 0.15) is 11.5 Å². The van der Waals surface area contributed by atoms with Crippen molar-refractivity contribution in [3.63, 3.8) is 0 Å². The van der Waals surface area contributed by atoms with E-state index in [2.05, 4.69) is 15.5 Å². The van der Waals surface area contributed by atoms with Crippen molar-refractivity contribution in [2.75, 3.05) is 31.6 Å². The number of furan rings is 1. The lowest BCUT2D eigenvalue weighted by Crippen LogP contribution is -2.41. The Morgan fingerprint density at radius 1 is 1.14 bits per heavy atom. The zero-order valence-corrected chi connectivity index (χ0v) is 16.1. The summed E-state index contributed by atoms with van der Waals surface area (Å²) in [5, 5.41) is 5.36. The standard InChI is InChI=1S/C21H27N3O4/c1-2-27-18-7-5-17(6-8-18)23-21(26)20(25)22-14-16-9-11-24(12-10-16)15-19-4-3-13-28-19/h3-8,13,16H,2,9-12,14-15H2,1H3,(H,22,25)(H,23,26). The molecule has 0 bridgehead atoms. The van der Waals surface area contributed by atoms with Crippen molar-refractivity contribution in [2.24, 2.45) is 5.92 Å². The van der Waals surface area contributed by atoms with Gasteiger partial charge < -0.3 is 19.8 Å². The maximum Gasteiger partial charge on any atom is 0.313 e. The molecular weight excluding hydrogens is 358 g/mol. The average Bonchev–Trinajstić information content (AvgIpc) is 3.22. The Bertz CT molecular complexity index is 750. The maximum absolute atomic E-state index is 12.1. The van der Waals surface area contributed by atoms with Gasteiger partial charge in [-0.05, 0) is 75.2 Å². The number of benzene rings is 1. The van der Waals surface area contributed by atoms with Crippen molar-refractivity contribution in [2.45, 2.75) is 26.3 Å². The number of piperidine rings is 1. The van der Waals surface area contributed by atoms with Crippen molar-refractivity contribution >= 4 is 17.5 Å². The molecule has 1 fully saturated rings. The lowest BCUT2D eigenvalue weighted by Gasteiger charge is -2.31. The van der Waals surface area contributed by atoms with Crippen LogP contribution in [0.2, 0.25) is 0 Å². The topological polar surface area (TPSA) is 83.8 Å². The van der Waals surface area contributed by atoms with Gasteiger partial charge in [0.25, 0.3) is 0 Å². The van der Waals surface area contributed by atoms with Crippen LogP contribution in [0.15, 0.2) is 47.1 Å². The predicted octanol–water partition coefficient (Wildman–Crippen LogP) is 2.65. The fraction of sp³-hybridized carbons (Fsp3) is 0.429. The Hall–Kier alpha value is -2.80. The first kappa shape index (κ1) is 19.9. The third-order valence-corrected chi connectivity index (χ3v) is 4.85. The lowest BCUT2D eigenvalue weighted by molar-refractivity contribution is -0.136. The highest BCUT2D eigenvalue weighted by molar-refractivity contribution is 6.39. The Morgan fingerprint density at radius 2 is 1.89 bits per heavy atom. The van der Waals surface area contributed by atoms with Crippen LogP contribution in [-0.4, -0.2) is 43.0 Å². The van der Waals surface area contributed by atoms with Gasteiger partial charge in [0, 0.05) is 12.2 Å². The summed E-state index contributed by atoms with van der Waals surface area (Å²) in [7, 11) is 0. The molecule has 28 heavy (non-hydrogen) atoms. The number of ether oxygens (including phenoxy) is 1. The number of rotatable bonds is 7. The smallest absolute Gasteiger partial charge is 0.313 e. The van der Waals surface area contributed by atoms with Crippen LogP contribution in [0, 0.1) is 5.92 Å². The molecule has 0 radical (unpaired) electrons. The number of carbonyl (C=O) groups excluding carboxylic acids is 2. The van der Waals surface area contributed by atoms with Gasteiger partial charge in [-0.1, -0.05) is 0 Å². The molecule has 1 aliphatic heterocycles. The van der Waals surface area contributed by atoms with Gasteiger partial charge >= 0.3 is 11.8 Å². The van der Waals surface area contributed by atoms with E-state index in [1.165, 1.54) is 0 Å². The van der Waals surface area contributed by atoms with Crippen LogP contribution >= 0.6 is 0 Å². The van der Waals surface area contributed by atoms with Gasteiger partial charge in [0.15, 0.2) is 0 Å². The summed E-state index contributed by atoms with van der Waals surface area (Å²) in [6.07, 6.45) is 3.67. The maximum atomic E-state index is 12.1. The summed E-state index contributed by atoms with van der Waals surface area (Å²) in [4.78, 5) is 26.5. The minimum atomic E-state index is -0.653. The second kappa shape index (κ2) is 9.94. The van der Waals surface area contributed by atoms with E-state index < -0.39 is 11.8 Å². The van der Waals surface area contributed by atoms with Crippen molar-refractivity contribution < 1.29 is 18.7 Å². The second-order valence-electron chi connectivity index (χ2n) is 6.92. The molecule has 7 heteroatoms. The van der Waals surface area contributed by atoms with Crippen LogP contribution in [0.4, 0.5) is 5.69 Å². The quantitative estimate of drug-likeness (QED) is 0.716. The SMILES string of the molecule is CCOc1ccc(NC(=O)C(=O)NCC2CCN(Cc3ccco3)CC2)cc1. The number of likely N-dealkylation sites (tertiary alicyclic amines) is 1. The lowest BCUT2D eigenvalue weighted by atomic mass is 9.96. The van der Waals surface area contributed by atoms with E-state index in [0.29, 0.717) is 24.8 Å². The molecule has 0 spiro atoms. The van der Waals surface area contributed by atoms with Crippen molar-refractivity contribution in [3.05, 3.63) is 48.4 Å². The molecular formula is C21H27N3O4. The zero-order valence-electron chi connectivity index (χ0n) is 16.1. The zero-order chi connectivity index (χ0) is 19.8. The van der Waals surface area contributed by atoms with Crippen molar-refractivity contribution in [1.82, 2.24) is 10.2 Å². The van der Waals surface area contributed by atoms with Gasteiger partial charge in [-0.3, -0.25) is 14.5 Å². The first-order chi connectivity index (χ1) is 13.6. The Labute approximate surface area is 165 Å². The summed E-state index contributed by atoms with van der Waals surface area (Å²) in [5.41, 5.74) is 0.565. The molecule has 1 saturated heterocycles. The van der Waals surface area contributed by atoms with E-state index in [4.69, 9.17) is 9.15 Å². The molecule has 2 N–H and O–H groups in total. The summed E-state index contributed by atoms with van der Waals surface area (Å²) >= 11 is 0. The van der Waals surface area contributed by atoms with E-state index in [9.17, 15) is 9.59 Å². The number of carbonyl (C=O) groups is 2. The minimum Gasteiger partial charge on any atom is -0.494 e. The van der Waals surface area contributed by atoms with Gasteiger partial charge in [-0.2, -0.15) is 0 Å². The minimum absolute atomic E-state index is 0.384. The van der Waals surface area contributed by atoms with Crippen LogP contribution < -0.4 is 15.4 Å². The van der Waals surface area contributed by atoms with Crippen molar-refractivity contribution in [3.8, 4) is 5.75 Å². The Balaban J connectivity index is 1.36. The summed E-state index contributed by atoms with van der Waals surface area (Å²) in [6.45, 7) is 5.73. The number of amides is 2. The van der Waals surface area contributed by atoms with E-state index in [1.54, 1.807) is 30.5 Å². The highest BCUT2D eigenvalue weighted by atomic mass is 16.5. The molecule has 3 rings (SSSR count). The van der Waals surface area contributed by atoms with Gasteiger partial charge in [-0.25, -0.2) is 0 Å². The van der Waals surface area contributed by atoms with E-state index >= 15 is 0 Å². The largest absolute Gasteiger partial charge is 0.494 e. The first-order valence-corrected chi connectivity index (χ1v) is 9.71. The third kappa shape index (κ3) is 5.85. The predicted molar refractivity (Wildman–Crippen MR) is 106 cm³/mol. The molecule has 1 aliphatic rings. The van der Waals surface area contributed by atoms with Crippen LogP contribution in [-0.2, 0) is 16.1 Å². The number of hydrogen-bond acceptors (Lipinski definition) is 5. The number of nitrogens with one attached hydrogen (secondary N) is 2. The molecule has 2 amide bonds. The molecule has 0 atom stereocenters. The summed E-state index contributed by atoms with van der Waals surface area (Å²) in [6, 6.07) is 10.8. The second-order valence-corrected chi connectivity index (χ2v) is 6.92. The Kier molecular flexibility index (Phi) is 7.08. The first-order valence-electron chi connectivity index (χ1n) is 9.71. The van der Waals surface area contributed by atoms with E-state index in [0.717, 1.165) is 44.0 Å². The fourth-order valence-electron chi connectivity index (χ4n) is 3.28. The molecule has 2 heterocycles. The van der Waals surface area contributed by atoms with Gasteiger partial charge in [0.05, 0.1) is 19.4 Å². The molecule has 2 aromatic rings. The number of nitrogens with zero attached hydrogens (tertiary/aromatic N) is 1. The van der Waals surface area contributed by atoms with Gasteiger partial charge in [0.2, 0.25) is 0 Å². The van der Waals surface area contributed by atoms with Crippen LogP contribution in [0.3, 0.4) is 0 Å². The van der Waals surface area contributed by atoms with Crippen LogP contribution in [0.1, 0.15) is 25.5 Å². The van der Waals surface area contributed by atoms with Gasteiger partial charge in [-0.15, -0.1) is 0 Å². The Morgan fingerprint density at radius 3 is 2.54 bits per heavy atom. The number of anilines is 1. The summed E-state index contributed by atoms with van der Waals surface area (Å²) < 4.78 is 10.7. The third-order valence-electron chi connectivity index (χ3n) is 4.85. The van der Waals surface area contributed by atoms with Crippen LogP contribution in [0.25, 0.3) is 0 Å². The normalized spacial score (nSPS) is 15.2. The number of hydrogen-bond donors (Lipinski definition) is 2. The monoisotopic (exact) mass is 385 g/mol. The van der Waals surface area contributed by atoms with Crippen LogP contribution in [0.5, 0.6) is 5.75 Å². The fourth-order valence-corrected chi connectivity index (χ4v) is 3.28. The molecule has 1 aromatic heterocycles. The molecule has 0 unspecified atom stereocenters. The van der Waals surface area contributed by atoms with E-state index in [1.807, 2.05) is 19.1 Å². The molecule has 0 saturated carbocycles. The highest BCUT2D eigenvalue weighted by Crippen LogP contribution is 2.19. The molecule has 7 nitrogen and oxygen atoms in total. The molecule has 150 valence electrons.